The molecule has 0 aliphatic carbocycles. The fourth-order valence-electron chi connectivity index (χ4n) is 1.47. The highest BCUT2D eigenvalue weighted by atomic mass is 35.5. The lowest BCUT2D eigenvalue weighted by Crippen LogP contribution is -2.07. The summed E-state index contributed by atoms with van der Waals surface area (Å²) >= 11 is 5.71. The maximum absolute atomic E-state index is 13.6. The van der Waals surface area contributed by atoms with Crippen LogP contribution >= 0.6 is 11.6 Å². The molecule has 2 aromatic rings. The van der Waals surface area contributed by atoms with Crippen LogP contribution in [-0.4, -0.2) is 16.1 Å². The van der Waals surface area contributed by atoms with Crippen LogP contribution in [0.2, 0.25) is 5.02 Å². The summed E-state index contributed by atoms with van der Waals surface area (Å²) in [7, 11) is 0. The Labute approximate surface area is 117 Å². The smallest absolute Gasteiger partial charge is 0.354 e. The summed E-state index contributed by atoms with van der Waals surface area (Å²) in [6, 6.07) is 4.04. The van der Waals surface area contributed by atoms with E-state index < -0.39 is 17.6 Å². The summed E-state index contributed by atoms with van der Waals surface area (Å²) in [6.45, 7) is 0. The molecular weight excluding hydrogens is 292 g/mol. The number of pyridine rings is 1. The fraction of sp³-hybridized carbons (Fsp3) is 0. The minimum atomic E-state index is -1.27. The summed E-state index contributed by atoms with van der Waals surface area (Å²) < 4.78 is 26.5. The van der Waals surface area contributed by atoms with Crippen LogP contribution in [0.25, 0.3) is 0 Å². The third-order valence-corrected chi connectivity index (χ3v) is 2.69. The minimum Gasteiger partial charge on any atom is -0.477 e. The lowest BCUT2D eigenvalue weighted by Gasteiger charge is -2.11. The van der Waals surface area contributed by atoms with Crippen molar-refractivity contribution in [2.45, 2.75) is 0 Å². The molecule has 1 aromatic carbocycles. The zero-order chi connectivity index (χ0) is 14.9. The second kappa shape index (κ2) is 5.30. The molecule has 0 atom stereocenters. The first-order chi connectivity index (χ1) is 9.38. The van der Waals surface area contributed by atoms with Crippen LogP contribution in [0.3, 0.4) is 0 Å². The number of nitrogens with two attached hydrogens (primary N) is 1. The van der Waals surface area contributed by atoms with Gasteiger partial charge in [-0.15, -0.1) is 0 Å². The molecule has 1 heterocycles. The van der Waals surface area contributed by atoms with Crippen LogP contribution in [-0.2, 0) is 0 Å². The first-order valence-electron chi connectivity index (χ1n) is 5.30. The van der Waals surface area contributed by atoms with E-state index in [9.17, 15) is 13.6 Å². The molecule has 0 spiro atoms. The van der Waals surface area contributed by atoms with E-state index in [1.807, 2.05) is 0 Å². The number of nitrogens with zero attached hydrogens (tertiary/aromatic N) is 1. The van der Waals surface area contributed by atoms with E-state index in [0.717, 1.165) is 6.07 Å². The predicted molar refractivity (Wildman–Crippen MR) is 70.3 cm³/mol. The standard InChI is InChI=1S/C12H8ClF2N3O2/c13-6-3-5(14)4-7(15)10(6)18-11-8(16)1-2-9(17-11)12(19)20/h1-4H,16H2,(H,17,18)(H,19,20). The first-order valence-corrected chi connectivity index (χ1v) is 5.67. The number of hydrogen-bond acceptors (Lipinski definition) is 4. The van der Waals surface area contributed by atoms with Crippen molar-refractivity contribution in [2.24, 2.45) is 0 Å². The molecule has 0 saturated heterocycles. The van der Waals surface area contributed by atoms with Crippen molar-refractivity contribution in [3.63, 3.8) is 0 Å². The molecule has 0 saturated carbocycles. The van der Waals surface area contributed by atoms with Crippen molar-refractivity contribution in [3.05, 3.63) is 46.6 Å². The topological polar surface area (TPSA) is 88.2 Å². The Morgan fingerprint density at radius 3 is 2.65 bits per heavy atom. The normalized spacial score (nSPS) is 10.3. The zero-order valence-corrected chi connectivity index (χ0v) is 10.6. The molecule has 104 valence electrons. The highest BCUT2D eigenvalue weighted by molar-refractivity contribution is 6.33. The number of anilines is 3. The number of aromatic carboxylic acids is 1. The summed E-state index contributed by atoms with van der Waals surface area (Å²) in [5, 5.41) is 11.1. The van der Waals surface area contributed by atoms with Crippen molar-refractivity contribution >= 4 is 34.8 Å². The average molecular weight is 300 g/mol. The number of carboxylic acid groups (broad SMARTS) is 1. The number of halogens is 3. The van der Waals surface area contributed by atoms with E-state index >= 15 is 0 Å². The van der Waals surface area contributed by atoms with Gasteiger partial charge in [0.1, 0.15) is 5.82 Å². The molecule has 0 aliphatic rings. The molecule has 0 unspecified atom stereocenters. The third-order valence-electron chi connectivity index (χ3n) is 2.40. The van der Waals surface area contributed by atoms with Gasteiger partial charge in [0.25, 0.3) is 0 Å². The number of nitrogens with one attached hydrogen (secondary N) is 1. The monoisotopic (exact) mass is 299 g/mol. The Balaban J connectivity index is 2.45. The van der Waals surface area contributed by atoms with Gasteiger partial charge in [0.2, 0.25) is 0 Å². The average Bonchev–Trinajstić information content (AvgIpc) is 2.35. The molecule has 1 aromatic heterocycles. The predicted octanol–water partition coefficient (Wildman–Crippen LogP) is 3.04. The van der Waals surface area contributed by atoms with Gasteiger partial charge < -0.3 is 16.2 Å². The molecule has 0 radical (unpaired) electrons. The number of hydrogen-bond donors (Lipinski definition) is 3. The molecule has 2 rings (SSSR count). The number of benzene rings is 1. The van der Waals surface area contributed by atoms with Gasteiger partial charge in [0.05, 0.1) is 16.4 Å². The summed E-state index contributed by atoms with van der Waals surface area (Å²) in [5.74, 6) is -3.13. The first kappa shape index (κ1) is 14.0. The van der Waals surface area contributed by atoms with Crippen LogP contribution in [0.15, 0.2) is 24.3 Å². The molecule has 4 N–H and O–H groups in total. The Hall–Kier alpha value is -2.41. The van der Waals surface area contributed by atoms with Gasteiger partial charge in [-0.2, -0.15) is 0 Å². The Morgan fingerprint density at radius 2 is 2.05 bits per heavy atom. The van der Waals surface area contributed by atoms with Gasteiger partial charge in [0, 0.05) is 6.07 Å². The molecule has 0 bridgehead atoms. The molecule has 0 fully saturated rings. The van der Waals surface area contributed by atoms with Crippen LogP contribution in [0.1, 0.15) is 10.5 Å². The van der Waals surface area contributed by atoms with Crippen LogP contribution in [0.5, 0.6) is 0 Å². The van der Waals surface area contributed by atoms with Crippen molar-refractivity contribution in [3.8, 4) is 0 Å². The van der Waals surface area contributed by atoms with Gasteiger partial charge in [-0.25, -0.2) is 18.6 Å². The van der Waals surface area contributed by atoms with E-state index in [1.165, 1.54) is 12.1 Å². The Kier molecular flexibility index (Phi) is 3.71. The molecule has 0 amide bonds. The molecular formula is C12H8ClF2N3O2. The van der Waals surface area contributed by atoms with Crippen LogP contribution in [0.4, 0.5) is 26.0 Å². The largest absolute Gasteiger partial charge is 0.477 e. The quantitative estimate of drug-likeness (QED) is 0.810. The van der Waals surface area contributed by atoms with Crippen LogP contribution in [0, 0.1) is 11.6 Å². The number of rotatable bonds is 3. The molecule has 8 heteroatoms. The van der Waals surface area contributed by atoms with Crippen LogP contribution < -0.4 is 11.1 Å². The highest BCUT2D eigenvalue weighted by Crippen LogP contribution is 2.30. The van der Waals surface area contributed by atoms with E-state index in [2.05, 4.69) is 10.3 Å². The lowest BCUT2D eigenvalue weighted by atomic mass is 10.2. The van der Waals surface area contributed by atoms with E-state index in [0.29, 0.717) is 6.07 Å². The maximum atomic E-state index is 13.6. The number of carboxylic acids is 1. The third kappa shape index (κ3) is 2.77. The van der Waals surface area contributed by atoms with Crippen molar-refractivity contribution in [2.75, 3.05) is 11.1 Å². The van der Waals surface area contributed by atoms with Crippen molar-refractivity contribution in [1.82, 2.24) is 4.98 Å². The van der Waals surface area contributed by atoms with Gasteiger partial charge >= 0.3 is 5.97 Å². The summed E-state index contributed by atoms with van der Waals surface area (Å²) in [5.41, 5.74) is 5.18. The maximum Gasteiger partial charge on any atom is 0.354 e. The number of nitrogen functional groups attached to an aromatic ring is 1. The summed E-state index contributed by atoms with van der Waals surface area (Å²) in [6.07, 6.45) is 0. The minimum absolute atomic E-state index is 0.0858. The second-order valence-corrected chi connectivity index (χ2v) is 4.22. The van der Waals surface area contributed by atoms with Gasteiger partial charge in [-0.1, -0.05) is 11.6 Å². The van der Waals surface area contributed by atoms with Crippen molar-refractivity contribution in [1.29, 1.82) is 0 Å². The zero-order valence-electron chi connectivity index (χ0n) is 9.82. The number of carbonyl (C=O) groups is 1. The second-order valence-electron chi connectivity index (χ2n) is 3.81. The summed E-state index contributed by atoms with van der Waals surface area (Å²) in [4.78, 5) is 14.5. The highest BCUT2D eigenvalue weighted by Gasteiger charge is 2.14. The number of aromatic nitrogens is 1. The Morgan fingerprint density at radius 1 is 1.35 bits per heavy atom. The SMILES string of the molecule is Nc1ccc(C(=O)O)nc1Nc1c(F)cc(F)cc1Cl. The van der Waals surface area contributed by atoms with Gasteiger partial charge in [0.15, 0.2) is 17.3 Å². The van der Waals surface area contributed by atoms with E-state index in [-0.39, 0.29) is 27.9 Å². The molecule has 5 nitrogen and oxygen atoms in total. The molecule has 20 heavy (non-hydrogen) atoms. The molecule has 0 aliphatic heterocycles. The lowest BCUT2D eigenvalue weighted by molar-refractivity contribution is 0.0690. The van der Waals surface area contributed by atoms with Gasteiger partial charge in [-0.05, 0) is 18.2 Å². The van der Waals surface area contributed by atoms with E-state index in [4.69, 9.17) is 22.4 Å². The fourth-order valence-corrected chi connectivity index (χ4v) is 1.71. The Bertz CT molecular complexity index is 671. The van der Waals surface area contributed by atoms with E-state index in [1.54, 1.807) is 0 Å². The van der Waals surface area contributed by atoms with Gasteiger partial charge in [-0.3, -0.25) is 0 Å². The van der Waals surface area contributed by atoms with Crippen molar-refractivity contribution < 1.29 is 18.7 Å².